The summed E-state index contributed by atoms with van der Waals surface area (Å²) in [5.41, 5.74) is 0.958. The van der Waals surface area contributed by atoms with Gasteiger partial charge in [0.25, 0.3) is 0 Å². The minimum absolute atomic E-state index is 0.424. The van der Waals surface area contributed by atoms with Crippen LogP contribution in [-0.4, -0.2) is 25.3 Å². The Balaban J connectivity index is 4.90. The van der Waals surface area contributed by atoms with Gasteiger partial charge in [-0.1, -0.05) is 13.2 Å². The van der Waals surface area contributed by atoms with E-state index in [2.05, 4.69) is 18.2 Å². The Bertz CT molecular complexity index is 290. The molecule has 0 N–H and O–H groups in total. The Morgan fingerprint density at radius 3 is 2.31 bits per heavy atom. The lowest BCUT2D eigenvalue weighted by atomic mass is 10.2. The van der Waals surface area contributed by atoms with E-state index in [0.717, 1.165) is 0 Å². The molecule has 0 fully saturated rings. The first-order valence-electron chi connectivity index (χ1n) is 3.75. The number of nitriles is 1. The first kappa shape index (κ1) is 11.2. The van der Waals surface area contributed by atoms with Gasteiger partial charge in [-0.3, -0.25) is 0 Å². The van der Waals surface area contributed by atoms with Gasteiger partial charge >= 0.3 is 0 Å². The number of rotatable bonds is 4. The van der Waals surface area contributed by atoms with E-state index in [0.29, 0.717) is 11.3 Å². The molecule has 0 unspecified atom stereocenters. The molecule has 0 aliphatic carbocycles. The highest BCUT2D eigenvalue weighted by Gasteiger charge is 1.95. The summed E-state index contributed by atoms with van der Waals surface area (Å²) in [4.78, 5) is 5.83. The molecule has 0 rings (SSSR count). The molecule has 0 saturated heterocycles. The minimum atomic E-state index is 0.424. The fourth-order valence-corrected chi connectivity index (χ4v) is 0.617. The SMILES string of the molecule is C=CC(C#N)=C(C=C)N=CN(C)C. The minimum Gasteiger partial charge on any atom is -0.369 e. The highest BCUT2D eigenvalue weighted by molar-refractivity contribution is 5.58. The molecule has 0 amide bonds. The standard InChI is InChI=1S/C10H13N3/c1-5-9(7-11)10(6-2)12-8-13(3)4/h5-6,8H,1-2H2,3-4H3. The van der Waals surface area contributed by atoms with E-state index >= 15 is 0 Å². The van der Waals surface area contributed by atoms with Crippen molar-refractivity contribution in [3.63, 3.8) is 0 Å². The van der Waals surface area contributed by atoms with Gasteiger partial charge in [0.05, 0.1) is 17.6 Å². The molecule has 68 valence electrons. The van der Waals surface area contributed by atoms with E-state index in [1.165, 1.54) is 12.2 Å². The van der Waals surface area contributed by atoms with Crippen molar-refractivity contribution < 1.29 is 0 Å². The van der Waals surface area contributed by atoms with Crippen LogP contribution in [0.25, 0.3) is 0 Å². The summed E-state index contributed by atoms with van der Waals surface area (Å²) >= 11 is 0. The summed E-state index contributed by atoms with van der Waals surface area (Å²) < 4.78 is 0. The summed E-state index contributed by atoms with van der Waals surface area (Å²) in [7, 11) is 3.70. The van der Waals surface area contributed by atoms with Crippen LogP contribution in [0.15, 0.2) is 41.6 Å². The van der Waals surface area contributed by atoms with Gasteiger partial charge in [0.1, 0.15) is 6.07 Å². The summed E-state index contributed by atoms with van der Waals surface area (Å²) in [5, 5.41) is 8.68. The van der Waals surface area contributed by atoms with E-state index in [1.807, 2.05) is 20.2 Å². The van der Waals surface area contributed by atoms with Crippen molar-refractivity contribution in [2.75, 3.05) is 14.1 Å². The van der Waals surface area contributed by atoms with Gasteiger partial charge in [-0.15, -0.1) is 0 Å². The number of nitrogens with zero attached hydrogens (tertiary/aromatic N) is 3. The summed E-state index contributed by atoms with van der Waals surface area (Å²) in [6.07, 6.45) is 4.60. The van der Waals surface area contributed by atoms with Crippen molar-refractivity contribution in [1.82, 2.24) is 4.90 Å². The van der Waals surface area contributed by atoms with Gasteiger partial charge in [-0.2, -0.15) is 5.26 Å². The molecule has 0 radical (unpaired) electrons. The molecule has 0 bridgehead atoms. The van der Waals surface area contributed by atoms with Crippen molar-refractivity contribution in [3.05, 3.63) is 36.6 Å². The molecule has 0 aliphatic heterocycles. The molecule has 0 heterocycles. The van der Waals surface area contributed by atoms with E-state index in [9.17, 15) is 0 Å². The molecule has 3 heteroatoms. The summed E-state index contributed by atoms with van der Waals surface area (Å²) in [6, 6.07) is 1.98. The Labute approximate surface area is 79.0 Å². The van der Waals surface area contributed by atoms with Gasteiger partial charge < -0.3 is 4.90 Å². The van der Waals surface area contributed by atoms with E-state index in [1.54, 1.807) is 11.2 Å². The lowest BCUT2D eigenvalue weighted by Crippen LogP contribution is -2.07. The normalized spacial score (nSPS) is 11.8. The maximum atomic E-state index is 8.68. The van der Waals surface area contributed by atoms with Gasteiger partial charge in [-0.05, 0) is 12.2 Å². The maximum Gasteiger partial charge on any atom is 0.101 e. The van der Waals surface area contributed by atoms with Crippen LogP contribution in [0.3, 0.4) is 0 Å². The van der Waals surface area contributed by atoms with Crippen LogP contribution in [0.1, 0.15) is 0 Å². The third-order valence-corrected chi connectivity index (χ3v) is 1.22. The van der Waals surface area contributed by atoms with Gasteiger partial charge in [0.2, 0.25) is 0 Å². The molecule has 13 heavy (non-hydrogen) atoms. The fourth-order valence-electron chi connectivity index (χ4n) is 0.617. The molecular formula is C10H13N3. The van der Waals surface area contributed by atoms with Crippen LogP contribution in [0.4, 0.5) is 0 Å². The highest BCUT2D eigenvalue weighted by atomic mass is 15.1. The molecule has 0 atom stereocenters. The third kappa shape index (κ3) is 3.92. The maximum absolute atomic E-state index is 8.68. The van der Waals surface area contributed by atoms with Crippen molar-refractivity contribution >= 4 is 6.34 Å². The van der Waals surface area contributed by atoms with Crippen molar-refractivity contribution in [1.29, 1.82) is 5.26 Å². The number of aliphatic imine (C=N–C) groups is 1. The van der Waals surface area contributed by atoms with Crippen LogP contribution in [0.2, 0.25) is 0 Å². The largest absolute Gasteiger partial charge is 0.369 e. The highest BCUT2D eigenvalue weighted by Crippen LogP contribution is 2.06. The zero-order valence-corrected chi connectivity index (χ0v) is 7.99. The summed E-state index contributed by atoms with van der Waals surface area (Å²) in [6.45, 7) is 7.08. The smallest absolute Gasteiger partial charge is 0.101 e. The van der Waals surface area contributed by atoms with Crippen LogP contribution in [-0.2, 0) is 0 Å². The van der Waals surface area contributed by atoms with Crippen LogP contribution in [0, 0.1) is 11.3 Å². The topological polar surface area (TPSA) is 39.4 Å². The molecule has 0 aliphatic rings. The number of hydrogen-bond acceptors (Lipinski definition) is 2. The Morgan fingerprint density at radius 1 is 1.38 bits per heavy atom. The van der Waals surface area contributed by atoms with E-state index < -0.39 is 0 Å². The molecule has 3 nitrogen and oxygen atoms in total. The first-order chi connectivity index (χ1) is 6.15. The van der Waals surface area contributed by atoms with Crippen molar-refractivity contribution in [2.45, 2.75) is 0 Å². The van der Waals surface area contributed by atoms with Crippen molar-refractivity contribution in [3.8, 4) is 6.07 Å². The third-order valence-electron chi connectivity index (χ3n) is 1.22. The second-order valence-electron chi connectivity index (χ2n) is 2.53. The Morgan fingerprint density at radius 2 is 2.00 bits per heavy atom. The predicted octanol–water partition coefficient (Wildman–Crippen LogP) is 1.73. The number of hydrogen-bond donors (Lipinski definition) is 0. The zero-order valence-electron chi connectivity index (χ0n) is 7.99. The van der Waals surface area contributed by atoms with E-state index in [4.69, 9.17) is 5.26 Å². The molecule has 0 aromatic heterocycles. The van der Waals surface area contributed by atoms with Gasteiger partial charge in [0, 0.05) is 14.1 Å². The lowest BCUT2D eigenvalue weighted by Gasteiger charge is -2.02. The fraction of sp³-hybridized carbons (Fsp3) is 0.200. The molecule has 0 aromatic rings. The number of allylic oxidation sites excluding steroid dienone is 3. The van der Waals surface area contributed by atoms with E-state index in [-0.39, 0.29) is 0 Å². The second kappa shape index (κ2) is 5.78. The predicted molar refractivity (Wildman–Crippen MR) is 55.2 cm³/mol. The van der Waals surface area contributed by atoms with Crippen LogP contribution in [0.5, 0.6) is 0 Å². The quantitative estimate of drug-likeness (QED) is 0.282. The lowest BCUT2D eigenvalue weighted by molar-refractivity contribution is 0.642. The second-order valence-corrected chi connectivity index (χ2v) is 2.53. The molecule has 0 saturated carbocycles. The Hall–Kier alpha value is -1.82. The zero-order chi connectivity index (χ0) is 10.3. The van der Waals surface area contributed by atoms with Crippen LogP contribution >= 0.6 is 0 Å². The summed E-state index contributed by atoms with van der Waals surface area (Å²) in [5.74, 6) is 0. The molecule has 0 spiro atoms. The Kier molecular flexibility index (Phi) is 4.97. The van der Waals surface area contributed by atoms with Crippen LogP contribution < -0.4 is 0 Å². The monoisotopic (exact) mass is 175 g/mol. The first-order valence-corrected chi connectivity index (χ1v) is 3.75. The molecule has 0 aromatic carbocycles. The van der Waals surface area contributed by atoms with Gasteiger partial charge in [-0.25, -0.2) is 4.99 Å². The van der Waals surface area contributed by atoms with Crippen molar-refractivity contribution in [2.24, 2.45) is 4.99 Å². The average molecular weight is 175 g/mol. The van der Waals surface area contributed by atoms with Gasteiger partial charge in [0.15, 0.2) is 0 Å². The average Bonchev–Trinajstić information content (AvgIpc) is 2.11. The molecular weight excluding hydrogens is 162 g/mol.